The molecule has 1 aliphatic heterocycles. The van der Waals surface area contributed by atoms with Crippen molar-refractivity contribution in [3.05, 3.63) is 18.0 Å². The summed E-state index contributed by atoms with van der Waals surface area (Å²) in [6.07, 6.45) is 4.79. The minimum absolute atomic E-state index is 0.154. The predicted molar refractivity (Wildman–Crippen MR) is 54.5 cm³/mol. The highest BCUT2D eigenvalue weighted by molar-refractivity contribution is 5.71. The van der Waals surface area contributed by atoms with Crippen LogP contribution >= 0.6 is 0 Å². The number of nitrogens with zero attached hydrogens (tertiary/aromatic N) is 3. The van der Waals surface area contributed by atoms with Gasteiger partial charge in [0.25, 0.3) is 0 Å². The van der Waals surface area contributed by atoms with Crippen molar-refractivity contribution in [2.45, 2.75) is 6.42 Å². The summed E-state index contributed by atoms with van der Waals surface area (Å²) in [6.45, 7) is 2.31. The molecule has 0 unspecified atom stereocenters. The minimum atomic E-state index is -0.673. The van der Waals surface area contributed by atoms with Crippen LogP contribution in [-0.2, 0) is 18.3 Å². The average molecular weight is 209 g/mol. The number of likely N-dealkylation sites (tertiary alicyclic amines) is 1. The number of hydrogen-bond acceptors (Lipinski definition) is 3. The highest BCUT2D eigenvalue weighted by Gasteiger charge is 2.31. The van der Waals surface area contributed by atoms with Gasteiger partial charge in [0.1, 0.15) is 0 Å². The van der Waals surface area contributed by atoms with Gasteiger partial charge in [0.05, 0.1) is 12.1 Å². The Morgan fingerprint density at radius 3 is 2.93 bits per heavy atom. The summed E-state index contributed by atoms with van der Waals surface area (Å²) in [4.78, 5) is 12.7. The number of aromatic nitrogens is 2. The molecule has 0 atom stereocenters. The minimum Gasteiger partial charge on any atom is -0.481 e. The van der Waals surface area contributed by atoms with E-state index in [2.05, 4.69) is 10.00 Å². The molecule has 0 aliphatic carbocycles. The third-order valence-electron chi connectivity index (χ3n) is 2.78. The third-order valence-corrected chi connectivity index (χ3v) is 2.78. The summed E-state index contributed by atoms with van der Waals surface area (Å²) < 4.78 is 1.78. The Morgan fingerprint density at radius 1 is 1.67 bits per heavy atom. The zero-order chi connectivity index (χ0) is 10.8. The van der Waals surface area contributed by atoms with E-state index in [0.717, 1.165) is 13.0 Å². The van der Waals surface area contributed by atoms with E-state index in [1.165, 1.54) is 5.56 Å². The number of rotatable bonds is 4. The van der Waals surface area contributed by atoms with Crippen LogP contribution in [0.4, 0.5) is 0 Å². The lowest BCUT2D eigenvalue weighted by atomic mass is 10.00. The molecular weight excluding hydrogens is 194 g/mol. The SMILES string of the molecule is Cn1cc(CCN2CC(C(=O)O)C2)cn1. The molecule has 0 aromatic carbocycles. The van der Waals surface area contributed by atoms with Crippen LogP contribution < -0.4 is 0 Å². The summed E-state index contributed by atoms with van der Waals surface area (Å²) >= 11 is 0. The molecule has 0 radical (unpaired) electrons. The van der Waals surface area contributed by atoms with Crippen molar-refractivity contribution >= 4 is 5.97 Å². The van der Waals surface area contributed by atoms with Crippen molar-refractivity contribution in [1.82, 2.24) is 14.7 Å². The first-order valence-electron chi connectivity index (χ1n) is 5.08. The fourth-order valence-electron chi connectivity index (χ4n) is 1.80. The van der Waals surface area contributed by atoms with Crippen LogP contribution in [0.1, 0.15) is 5.56 Å². The van der Waals surface area contributed by atoms with Gasteiger partial charge in [-0.2, -0.15) is 5.10 Å². The molecule has 1 saturated heterocycles. The molecule has 1 fully saturated rings. The molecule has 0 amide bonds. The second-order valence-corrected chi connectivity index (χ2v) is 4.07. The monoisotopic (exact) mass is 209 g/mol. The summed E-state index contributed by atoms with van der Waals surface area (Å²) in [5.41, 5.74) is 1.20. The van der Waals surface area contributed by atoms with Crippen molar-refractivity contribution in [3.8, 4) is 0 Å². The Bertz CT molecular complexity index is 355. The lowest BCUT2D eigenvalue weighted by Gasteiger charge is -2.36. The Morgan fingerprint density at radius 2 is 2.40 bits per heavy atom. The fraction of sp³-hybridized carbons (Fsp3) is 0.600. The standard InChI is InChI=1S/C10H15N3O2/c1-12-5-8(4-11-12)2-3-13-6-9(7-13)10(14)15/h4-5,9H,2-3,6-7H2,1H3,(H,14,15). The van der Waals surface area contributed by atoms with Crippen LogP contribution in [0.25, 0.3) is 0 Å². The van der Waals surface area contributed by atoms with Gasteiger partial charge in [-0.25, -0.2) is 0 Å². The maximum Gasteiger partial charge on any atom is 0.309 e. The van der Waals surface area contributed by atoms with Gasteiger partial charge >= 0.3 is 5.97 Å². The first-order valence-corrected chi connectivity index (χ1v) is 5.08. The molecule has 1 aromatic rings. The first kappa shape index (κ1) is 10.2. The zero-order valence-electron chi connectivity index (χ0n) is 8.76. The highest BCUT2D eigenvalue weighted by Crippen LogP contribution is 2.15. The van der Waals surface area contributed by atoms with Gasteiger partial charge in [-0.05, 0) is 12.0 Å². The van der Waals surface area contributed by atoms with E-state index in [4.69, 9.17) is 5.11 Å². The molecule has 2 heterocycles. The van der Waals surface area contributed by atoms with E-state index in [-0.39, 0.29) is 5.92 Å². The largest absolute Gasteiger partial charge is 0.481 e. The van der Waals surface area contributed by atoms with E-state index >= 15 is 0 Å². The second kappa shape index (κ2) is 4.02. The normalized spacial score (nSPS) is 17.7. The molecule has 1 aliphatic rings. The van der Waals surface area contributed by atoms with Crippen LogP contribution in [0.5, 0.6) is 0 Å². The molecule has 5 heteroatoms. The van der Waals surface area contributed by atoms with Crippen LogP contribution in [0.3, 0.4) is 0 Å². The third kappa shape index (κ3) is 2.36. The summed E-state index contributed by atoms with van der Waals surface area (Å²) in [7, 11) is 1.90. The second-order valence-electron chi connectivity index (χ2n) is 4.07. The Balaban J connectivity index is 1.70. The molecule has 1 aromatic heterocycles. The van der Waals surface area contributed by atoms with Crippen molar-refractivity contribution < 1.29 is 9.90 Å². The number of carbonyl (C=O) groups is 1. The molecule has 0 spiro atoms. The first-order chi connectivity index (χ1) is 7.15. The average Bonchev–Trinajstić information content (AvgIpc) is 2.48. The molecule has 5 nitrogen and oxygen atoms in total. The lowest BCUT2D eigenvalue weighted by Crippen LogP contribution is -2.50. The quantitative estimate of drug-likeness (QED) is 0.757. The van der Waals surface area contributed by atoms with Crippen molar-refractivity contribution in [3.63, 3.8) is 0 Å². The predicted octanol–water partition coefficient (Wildman–Crippen LogP) is -0.0210. The number of hydrogen-bond donors (Lipinski definition) is 1. The van der Waals surface area contributed by atoms with E-state index in [1.54, 1.807) is 4.68 Å². The van der Waals surface area contributed by atoms with Gasteiger partial charge in [0.2, 0.25) is 0 Å². The van der Waals surface area contributed by atoms with Gasteiger partial charge < -0.3 is 10.0 Å². The number of carboxylic acid groups (broad SMARTS) is 1. The molecular formula is C10H15N3O2. The van der Waals surface area contributed by atoms with Crippen LogP contribution in [0.2, 0.25) is 0 Å². The molecule has 15 heavy (non-hydrogen) atoms. The van der Waals surface area contributed by atoms with Gasteiger partial charge in [0.15, 0.2) is 0 Å². The smallest absolute Gasteiger partial charge is 0.309 e. The van der Waals surface area contributed by atoms with Crippen molar-refractivity contribution in [1.29, 1.82) is 0 Å². The van der Waals surface area contributed by atoms with E-state index in [1.807, 2.05) is 19.4 Å². The maximum absolute atomic E-state index is 10.6. The molecule has 2 rings (SSSR count). The van der Waals surface area contributed by atoms with E-state index in [9.17, 15) is 4.79 Å². The van der Waals surface area contributed by atoms with Gasteiger partial charge in [-0.1, -0.05) is 0 Å². The molecule has 1 N–H and O–H groups in total. The van der Waals surface area contributed by atoms with Crippen LogP contribution in [0.15, 0.2) is 12.4 Å². The van der Waals surface area contributed by atoms with E-state index in [0.29, 0.717) is 13.1 Å². The Hall–Kier alpha value is -1.36. The van der Waals surface area contributed by atoms with Crippen molar-refractivity contribution in [2.75, 3.05) is 19.6 Å². The van der Waals surface area contributed by atoms with Gasteiger partial charge in [-0.15, -0.1) is 0 Å². The van der Waals surface area contributed by atoms with Gasteiger partial charge in [-0.3, -0.25) is 9.48 Å². The number of aryl methyl sites for hydroxylation is 1. The Labute approximate surface area is 88.3 Å². The fourth-order valence-corrected chi connectivity index (χ4v) is 1.80. The maximum atomic E-state index is 10.6. The zero-order valence-corrected chi connectivity index (χ0v) is 8.76. The van der Waals surface area contributed by atoms with Crippen molar-refractivity contribution in [2.24, 2.45) is 13.0 Å². The number of carboxylic acids is 1. The topological polar surface area (TPSA) is 58.4 Å². The van der Waals surface area contributed by atoms with E-state index < -0.39 is 5.97 Å². The molecule has 0 bridgehead atoms. The molecule has 0 saturated carbocycles. The van der Waals surface area contributed by atoms with Crippen LogP contribution in [0, 0.1) is 5.92 Å². The lowest BCUT2D eigenvalue weighted by molar-refractivity contribution is -0.147. The highest BCUT2D eigenvalue weighted by atomic mass is 16.4. The van der Waals surface area contributed by atoms with Gasteiger partial charge in [0, 0.05) is 32.9 Å². The summed E-state index contributed by atoms with van der Waals surface area (Å²) in [6, 6.07) is 0. The molecule has 82 valence electrons. The summed E-state index contributed by atoms with van der Waals surface area (Å²) in [5, 5.41) is 12.8. The van der Waals surface area contributed by atoms with Crippen LogP contribution in [-0.4, -0.2) is 45.4 Å². The number of aliphatic carboxylic acids is 1. The summed E-state index contributed by atoms with van der Waals surface area (Å²) in [5.74, 6) is -0.827. The Kier molecular flexibility index (Phi) is 2.73.